The predicted octanol–water partition coefficient (Wildman–Crippen LogP) is 2.21. The van der Waals surface area contributed by atoms with Crippen LogP contribution in [0.1, 0.15) is 38.2 Å². The van der Waals surface area contributed by atoms with Crippen molar-refractivity contribution in [3.8, 4) is 0 Å². The van der Waals surface area contributed by atoms with Crippen molar-refractivity contribution in [1.29, 1.82) is 0 Å². The minimum absolute atomic E-state index is 0.0926. The number of pyridine rings is 1. The van der Waals surface area contributed by atoms with Crippen molar-refractivity contribution in [3.63, 3.8) is 0 Å². The number of hydrogen-bond acceptors (Lipinski definition) is 3. The number of amides is 1. The van der Waals surface area contributed by atoms with Gasteiger partial charge < -0.3 is 5.32 Å². The van der Waals surface area contributed by atoms with Gasteiger partial charge in [0.25, 0.3) is 0 Å². The van der Waals surface area contributed by atoms with Gasteiger partial charge in [-0.2, -0.15) is 0 Å². The Kier molecular flexibility index (Phi) is 5.53. The molecule has 1 saturated carbocycles. The number of rotatable bonds is 5. The average Bonchev–Trinajstić information content (AvgIpc) is 2.47. The van der Waals surface area contributed by atoms with Gasteiger partial charge in [0.05, 0.1) is 6.54 Å². The van der Waals surface area contributed by atoms with Gasteiger partial charge in [0.15, 0.2) is 0 Å². The number of carbonyl (C=O) groups excluding carboxylic acids is 1. The van der Waals surface area contributed by atoms with E-state index < -0.39 is 0 Å². The second-order valence-corrected chi connectivity index (χ2v) is 5.97. The van der Waals surface area contributed by atoms with Crippen molar-refractivity contribution in [2.24, 2.45) is 5.92 Å². The molecule has 1 aliphatic rings. The highest BCUT2D eigenvalue weighted by atomic mass is 16.2. The lowest BCUT2D eigenvalue weighted by molar-refractivity contribution is -0.122. The van der Waals surface area contributed by atoms with E-state index in [9.17, 15) is 4.79 Å². The van der Waals surface area contributed by atoms with Crippen LogP contribution in [0.15, 0.2) is 24.5 Å². The zero-order chi connectivity index (χ0) is 14.4. The lowest BCUT2D eigenvalue weighted by atomic mass is 9.87. The molecule has 0 aromatic carbocycles. The summed E-state index contributed by atoms with van der Waals surface area (Å²) in [5.41, 5.74) is 1.04. The van der Waals surface area contributed by atoms with E-state index in [1.807, 2.05) is 12.1 Å². The van der Waals surface area contributed by atoms with E-state index in [0.717, 1.165) is 11.5 Å². The Balaban J connectivity index is 1.71. The summed E-state index contributed by atoms with van der Waals surface area (Å²) < 4.78 is 0. The molecule has 0 saturated heterocycles. The van der Waals surface area contributed by atoms with Crippen LogP contribution in [0.25, 0.3) is 0 Å². The molecule has 2 rings (SSSR count). The smallest absolute Gasteiger partial charge is 0.234 e. The zero-order valence-electron chi connectivity index (χ0n) is 12.5. The van der Waals surface area contributed by atoms with Crippen molar-refractivity contribution in [1.82, 2.24) is 15.2 Å². The molecule has 1 N–H and O–H groups in total. The number of hydrogen-bond donors (Lipinski definition) is 1. The molecule has 1 fully saturated rings. The van der Waals surface area contributed by atoms with Gasteiger partial charge in [-0.1, -0.05) is 13.0 Å². The molecule has 4 heteroatoms. The Morgan fingerprint density at radius 3 is 2.80 bits per heavy atom. The third-order valence-corrected chi connectivity index (χ3v) is 4.21. The molecule has 110 valence electrons. The van der Waals surface area contributed by atoms with Gasteiger partial charge in [-0.15, -0.1) is 0 Å². The van der Waals surface area contributed by atoms with Gasteiger partial charge in [0.1, 0.15) is 0 Å². The molecule has 1 heterocycles. The highest BCUT2D eigenvalue weighted by molar-refractivity contribution is 5.78. The van der Waals surface area contributed by atoms with E-state index in [1.54, 1.807) is 12.4 Å². The van der Waals surface area contributed by atoms with Crippen LogP contribution in [-0.4, -0.2) is 35.4 Å². The molecule has 0 radical (unpaired) electrons. The van der Waals surface area contributed by atoms with Crippen molar-refractivity contribution < 1.29 is 4.79 Å². The van der Waals surface area contributed by atoms with E-state index in [-0.39, 0.29) is 5.91 Å². The largest absolute Gasteiger partial charge is 0.351 e. The van der Waals surface area contributed by atoms with E-state index in [1.165, 1.54) is 25.7 Å². The number of aromatic nitrogens is 1. The number of nitrogens with zero attached hydrogens (tertiary/aromatic N) is 2. The predicted molar refractivity (Wildman–Crippen MR) is 80.1 cm³/mol. The first kappa shape index (κ1) is 15.0. The third kappa shape index (κ3) is 4.60. The van der Waals surface area contributed by atoms with E-state index in [4.69, 9.17) is 0 Å². The van der Waals surface area contributed by atoms with Crippen LogP contribution in [0.2, 0.25) is 0 Å². The summed E-state index contributed by atoms with van der Waals surface area (Å²) >= 11 is 0. The van der Waals surface area contributed by atoms with Gasteiger partial charge in [-0.25, -0.2) is 0 Å². The Hall–Kier alpha value is -1.42. The lowest BCUT2D eigenvalue weighted by Crippen LogP contribution is -2.41. The van der Waals surface area contributed by atoms with Crippen molar-refractivity contribution in [2.45, 2.75) is 45.2 Å². The first-order valence-corrected chi connectivity index (χ1v) is 7.51. The fourth-order valence-electron chi connectivity index (χ4n) is 2.80. The van der Waals surface area contributed by atoms with Crippen LogP contribution >= 0.6 is 0 Å². The Bertz CT molecular complexity index is 413. The Labute approximate surface area is 121 Å². The number of carbonyl (C=O) groups is 1. The SMILES string of the molecule is CC1CCC(N(C)CC(=O)NCc2cccnc2)CC1. The summed E-state index contributed by atoms with van der Waals surface area (Å²) in [6, 6.07) is 4.42. The van der Waals surface area contributed by atoms with E-state index in [0.29, 0.717) is 19.1 Å². The lowest BCUT2D eigenvalue weighted by Gasteiger charge is -2.33. The summed E-state index contributed by atoms with van der Waals surface area (Å²) in [5.74, 6) is 0.939. The maximum absolute atomic E-state index is 12.0. The monoisotopic (exact) mass is 275 g/mol. The highest BCUT2D eigenvalue weighted by Crippen LogP contribution is 2.26. The minimum Gasteiger partial charge on any atom is -0.351 e. The second kappa shape index (κ2) is 7.39. The van der Waals surface area contributed by atoms with Gasteiger partial charge in [-0.05, 0) is 50.3 Å². The summed E-state index contributed by atoms with van der Waals surface area (Å²) in [7, 11) is 2.06. The van der Waals surface area contributed by atoms with E-state index in [2.05, 4.69) is 29.2 Å². The van der Waals surface area contributed by atoms with Crippen LogP contribution in [0.4, 0.5) is 0 Å². The molecule has 1 amide bonds. The van der Waals surface area contributed by atoms with Gasteiger partial charge in [0.2, 0.25) is 5.91 Å². The molecule has 1 aliphatic carbocycles. The van der Waals surface area contributed by atoms with E-state index >= 15 is 0 Å². The average molecular weight is 275 g/mol. The van der Waals surface area contributed by atoms with Crippen LogP contribution in [-0.2, 0) is 11.3 Å². The minimum atomic E-state index is 0.0926. The first-order valence-electron chi connectivity index (χ1n) is 7.51. The van der Waals surface area contributed by atoms with Crippen molar-refractivity contribution in [3.05, 3.63) is 30.1 Å². The normalized spacial score (nSPS) is 22.8. The molecule has 0 aliphatic heterocycles. The maximum atomic E-state index is 12.0. The third-order valence-electron chi connectivity index (χ3n) is 4.21. The molecule has 0 spiro atoms. The summed E-state index contributed by atoms with van der Waals surface area (Å²) in [6.07, 6.45) is 8.52. The summed E-state index contributed by atoms with van der Waals surface area (Å²) in [5, 5.41) is 2.96. The fourth-order valence-corrected chi connectivity index (χ4v) is 2.80. The molecule has 4 nitrogen and oxygen atoms in total. The molecule has 20 heavy (non-hydrogen) atoms. The van der Waals surface area contributed by atoms with Crippen molar-refractivity contribution >= 4 is 5.91 Å². The van der Waals surface area contributed by atoms with Crippen LogP contribution < -0.4 is 5.32 Å². The molecule has 0 bridgehead atoms. The molecule has 1 aromatic rings. The van der Waals surface area contributed by atoms with Crippen LogP contribution in [0.3, 0.4) is 0 Å². The quantitative estimate of drug-likeness (QED) is 0.896. The first-order chi connectivity index (χ1) is 9.65. The van der Waals surface area contributed by atoms with Gasteiger partial charge >= 0.3 is 0 Å². The Morgan fingerprint density at radius 1 is 1.40 bits per heavy atom. The van der Waals surface area contributed by atoms with Crippen molar-refractivity contribution in [2.75, 3.05) is 13.6 Å². The molecular weight excluding hydrogens is 250 g/mol. The maximum Gasteiger partial charge on any atom is 0.234 e. The fraction of sp³-hybridized carbons (Fsp3) is 0.625. The standard InChI is InChI=1S/C16H25N3O/c1-13-5-7-15(8-6-13)19(2)12-16(20)18-11-14-4-3-9-17-10-14/h3-4,9-10,13,15H,5-8,11-12H2,1-2H3,(H,18,20). The highest BCUT2D eigenvalue weighted by Gasteiger charge is 2.22. The molecule has 1 aromatic heterocycles. The van der Waals surface area contributed by atoms with Gasteiger partial charge in [-0.3, -0.25) is 14.7 Å². The number of likely N-dealkylation sites (N-methyl/N-ethyl adjacent to an activating group) is 1. The topological polar surface area (TPSA) is 45.2 Å². The van der Waals surface area contributed by atoms with Gasteiger partial charge in [0, 0.05) is 25.0 Å². The molecule has 0 atom stereocenters. The van der Waals surface area contributed by atoms with Crippen LogP contribution in [0, 0.1) is 5.92 Å². The summed E-state index contributed by atoms with van der Waals surface area (Å²) in [4.78, 5) is 18.2. The Morgan fingerprint density at radius 2 is 2.15 bits per heavy atom. The summed E-state index contributed by atoms with van der Waals surface area (Å²) in [6.45, 7) is 3.36. The zero-order valence-corrected chi connectivity index (χ0v) is 12.5. The van der Waals surface area contributed by atoms with Crippen LogP contribution in [0.5, 0.6) is 0 Å². The molecular formula is C16H25N3O. The second-order valence-electron chi connectivity index (χ2n) is 5.97. The molecule has 0 unspecified atom stereocenters. The number of nitrogens with one attached hydrogen (secondary N) is 1.